The highest BCUT2D eigenvalue weighted by atomic mass is 35.5. The molecule has 1 aromatic heterocycles. The van der Waals surface area contributed by atoms with Gasteiger partial charge in [-0.1, -0.05) is 54.1 Å². The Morgan fingerprint density at radius 2 is 1.90 bits per heavy atom. The maximum Gasteiger partial charge on any atom is 0.387 e. The Morgan fingerprint density at radius 3 is 2.55 bits per heavy atom. The van der Waals surface area contributed by atoms with Gasteiger partial charge in [-0.25, -0.2) is 0 Å². The number of nitrogens with one attached hydrogen (secondary N) is 1. The Balaban J connectivity index is 1.87. The first-order chi connectivity index (χ1) is 15.0. The third-order valence-electron chi connectivity index (χ3n) is 5.31. The van der Waals surface area contributed by atoms with Crippen LogP contribution in [0.3, 0.4) is 0 Å². The molecule has 1 aliphatic rings. The van der Waals surface area contributed by atoms with Crippen LogP contribution in [0, 0.1) is 5.92 Å². The molecular weight excluding hydrogens is 422 g/mol. The van der Waals surface area contributed by atoms with Gasteiger partial charge in [-0.05, 0) is 48.2 Å². The number of aromatic nitrogens is 1. The number of rotatable bonds is 8. The molecule has 0 radical (unpaired) electrons. The van der Waals surface area contributed by atoms with E-state index in [4.69, 9.17) is 11.6 Å². The number of benzene rings is 2. The lowest BCUT2D eigenvalue weighted by Crippen LogP contribution is -2.49. The maximum atomic E-state index is 13.0. The predicted molar refractivity (Wildman–Crippen MR) is 114 cm³/mol. The zero-order valence-corrected chi connectivity index (χ0v) is 17.4. The van der Waals surface area contributed by atoms with E-state index in [1.807, 2.05) is 30.3 Å². The number of pyridine rings is 1. The summed E-state index contributed by atoms with van der Waals surface area (Å²) in [6.07, 6.45) is 3.55. The molecular formula is C24H21ClF2N2O2. The number of hydrogen-bond acceptors (Lipinski definition) is 3. The summed E-state index contributed by atoms with van der Waals surface area (Å²) in [6, 6.07) is 19.5. The molecule has 7 heteroatoms. The second-order valence-electron chi connectivity index (χ2n) is 7.60. The zero-order valence-electron chi connectivity index (χ0n) is 16.6. The molecule has 1 heterocycles. The van der Waals surface area contributed by atoms with E-state index >= 15 is 0 Å². The summed E-state index contributed by atoms with van der Waals surface area (Å²) < 4.78 is 30.4. The van der Waals surface area contributed by atoms with Crippen molar-refractivity contribution in [2.75, 3.05) is 0 Å². The van der Waals surface area contributed by atoms with Crippen molar-refractivity contribution in [3.63, 3.8) is 0 Å². The van der Waals surface area contributed by atoms with Crippen LogP contribution in [0.1, 0.15) is 29.7 Å². The average molecular weight is 443 g/mol. The van der Waals surface area contributed by atoms with Crippen LogP contribution in [0.25, 0.3) is 0 Å². The van der Waals surface area contributed by atoms with Gasteiger partial charge in [-0.2, -0.15) is 8.78 Å². The van der Waals surface area contributed by atoms with Crippen molar-refractivity contribution in [3.05, 3.63) is 94.8 Å². The van der Waals surface area contributed by atoms with Crippen LogP contribution in [-0.2, 0) is 16.8 Å². The Labute approximate surface area is 184 Å². The monoisotopic (exact) mass is 442 g/mol. The van der Waals surface area contributed by atoms with E-state index in [9.17, 15) is 13.6 Å². The smallest absolute Gasteiger partial charge is 0.387 e. The summed E-state index contributed by atoms with van der Waals surface area (Å²) in [7, 11) is 0. The topological polar surface area (TPSA) is 51.2 Å². The van der Waals surface area contributed by atoms with Crippen LogP contribution in [-0.4, -0.2) is 17.5 Å². The van der Waals surface area contributed by atoms with Crippen LogP contribution in [0.5, 0.6) is 5.75 Å². The molecule has 1 fully saturated rings. The molecule has 0 aliphatic heterocycles. The van der Waals surface area contributed by atoms with Crippen molar-refractivity contribution in [2.45, 2.75) is 31.4 Å². The van der Waals surface area contributed by atoms with Gasteiger partial charge in [-0.3, -0.25) is 9.78 Å². The van der Waals surface area contributed by atoms with Gasteiger partial charge in [-0.15, -0.1) is 0 Å². The number of carbonyl (C=O) groups is 1. The fourth-order valence-corrected chi connectivity index (χ4v) is 3.76. The largest absolute Gasteiger partial charge is 0.435 e. The SMILES string of the molecule is O=C(N[C@@](Cc1ccccc1)(c1cccc(OC(F)F)c1)c1ccc(Cl)cn1)C1CC1. The minimum atomic E-state index is -2.95. The second kappa shape index (κ2) is 9.02. The van der Waals surface area contributed by atoms with Crippen LogP contribution in [0.15, 0.2) is 72.9 Å². The lowest BCUT2D eigenvalue weighted by atomic mass is 9.80. The summed E-state index contributed by atoms with van der Waals surface area (Å²) in [4.78, 5) is 17.5. The van der Waals surface area contributed by atoms with Gasteiger partial charge in [0.1, 0.15) is 11.3 Å². The molecule has 4 rings (SSSR count). The number of amides is 1. The number of halogens is 3. The lowest BCUT2D eigenvalue weighted by molar-refractivity contribution is -0.124. The van der Waals surface area contributed by atoms with E-state index in [1.165, 1.54) is 18.3 Å². The number of carbonyl (C=O) groups excluding carboxylic acids is 1. The minimum Gasteiger partial charge on any atom is -0.435 e. The van der Waals surface area contributed by atoms with Crippen molar-refractivity contribution < 1.29 is 18.3 Å². The molecule has 1 aliphatic carbocycles. The van der Waals surface area contributed by atoms with E-state index in [0.29, 0.717) is 22.7 Å². The minimum absolute atomic E-state index is 0.0135. The molecule has 31 heavy (non-hydrogen) atoms. The van der Waals surface area contributed by atoms with E-state index < -0.39 is 12.2 Å². The summed E-state index contributed by atoms with van der Waals surface area (Å²) in [6.45, 7) is -2.95. The molecule has 0 unspecified atom stereocenters. The number of hydrogen-bond donors (Lipinski definition) is 1. The summed E-state index contributed by atoms with van der Waals surface area (Å²) in [5.74, 6) is -0.129. The molecule has 3 aromatic rings. The molecule has 0 bridgehead atoms. The van der Waals surface area contributed by atoms with Gasteiger partial charge < -0.3 is 10.1 Å². The molecule has 1 saturated carbocycles. The highest BCUT2D eigenvalue weighted by molar-refractivity contribution is 6.30. The van der Waals surface area contributed by atoms with Gasteiger partial charge in [0.25, 0.3) is 0 Å². The maximum absolute atomic E-state index is 13.0. The number of alkyl halides is 2. The van der Waals surface area contributed by atoms with Gasteiger partial charge >= 0.3 is 6.61 Å². The van der Waals surface area contributed by atoms with Crippen molar-refractivity contribution in [3.8, 4) is 5.75 Å². The van der Waals surface area contributed by atoms with Crippen LogP contribution in [0.2, 0.25) is 5.02 Å². The molecule has 1 amide bonds. The lowest BCUT2D eigenvalue weighted by Gasteiger charge is -2.36. The van der Waals surface area contributed by atoms with E-state index in [-0.39, 0.29) is 17.6 Å². The molecule has 0 saturated heterocycles. The van der Waals surface area contributed by atoms with Gasteiger partial charge in [0, 0.05) is 18.5 Å². The van der Waals surface area contributed by atoms with E-state index in [1.54, 1.807) is 24.3 Å². The Bertz CT molecular complexity index is 1040. The van der Waals surface area contributed by atoms with Gasteiger partial charge in [0.2, 0.25) is 5.91 Å². The quantitative estimate of drug-likeness (QED) is 0.511. The second-order valence-corrected chi connectivity index (χ2v) is 8.04. The fourth-order valence-electron chi connectivity index (χ4n) is 3.65. The summed E-state index contributed by atoms with van der Waals surface area (Å²) >= 11 is 6.06. The number of nitrogens with zero attached hydrogens (tertiary/aromatic N) is 1. The van der Waals surface area contributed by atoms with Gasteiger partial charge in [0.15, 0.2) is 0 Å². The van der Waals surface area contributed by atoms with Crippen LogP contribution in [0.4, 0.5) is 8.78 Å². The Hall–Kier alpha value is -2.99. The summed E-state index contributed by atoms with van der Waals surface area (Å²) in [5, 5.41) is 3.64. The first-order valence-corrected chi connectivity index (χ1v) is 10.4. The molecule has 160 valence electrons. The third kappa shape index (κ3) is 5.02. The molecule has 4 nitrogen and oxygen atoms in total. The Kier molecular flexibility index (Phi) is 6.18. The van der Waals surface area contributed by atoms with Crippen molar-refractivity contribution >= 4 is 17.5 Å². The number of ether oxygens (including phenoxy) is 1. The van der Waals surface area contributed by atoms with Crippen LogP contribution >= 0.6 is 11.6 Å². The predicted octanol–water partition coefficient (Wildman–Crippen LogP) is 5.35. The van der Waals surface area contributed by atoms with Gasteiger partial charge in [0.05, 0.1) is 10.7 Å². The summed E-state index contributed by atoms with van der Waals surface area (Å²) in [5.41, 5.74) is 1.02. The van der Waals surface area contributed by atoms with E-state index in [0.717, 1.165) is 18.4 Å². The average Bonchev–Trinajstić information content (AvgIpc) is 3.60. The highest BCUT2D eigenvalue weighted by Crippen LogP contribution is 2.37. The molecule has 1 N–H and O–H groups in total. The normalized spacial score (nSPS) is 15.4. The first-order valence-electron chi connectivity index (χ1n) is 9.99. The molecule has 2 aromatic carbocycles. The van der Waals surface area contributed by atoms with E-state index in [2.05, 4.69) is 15.0 Å². The zero-order chi connectivity index (χ0) is 21.8. The molecule has 0 spiro atoms. The fraction of sp³-hybridized carbons (Fsp3) is 0.250. The van der Waals surface area contributed by atoms with Crippen LogP contribution < -0.4 is 10.1 Å². The first kappa shape index (κ1) is 21.2. The standard InChI is InChI=1S/C24H21ClF2N2O2/c25-19-11-12-21(28-15-19)24(29-22(30)17-9-10-17,14-16-5-2-1-3-6-16)18-7-4-8-20(13-18)31-23(26)27/h1-8,11-13,15,17,23H,9-10,14H2,(H,29,30)/t24-/m0/s1. The Morgan fingerprint density at radius 1 is 1.13 bits per heavy atom. The molecule has 1 atom stereocenters. The van der Waals surface area contributed by atoms with Crippen molar-refractivity contribution in [1.82, 2.24) is 10.3 Å². The van der Waals surface area contributed by atoms with Crippen molar-refractivity contribution in [2.24, 2.45) is 5.92 Å². The van der Waals surface area contributed by atoms with Crippen molar-refractivity contribution in [1.29, 1.82) is 0 Å². The highest BCUT2D eigenvalue weighted by Gasteiger charge is 2.41. The third-order valence-corrected chi connectivity index (χ3v) is 5.54.